The summed E-state index contributed by atoms with van der Waals surface area (Å²) in [5.41, 5.74) is 4.44. The Bertz CT molecular complexity index is 1210. The molecule has 0 aliphatic heterocycles. The van der Waals surface area contributed by atoms with Gasteiger partial charge >= 0.3 is 0 Å². The van der Waals surface area contributed by atoms with Crippen LogP contribution in [0.15, 0.2) is 22.7 Å². The largest absolute Gasteiger partial charge is 0.361 e. The summed E-state index contributed by atoms with van der Waals surface area (Å²) >= 11 is 7.65. The number of aryl methyl sites for hydroxylation is 3. The molecule has 1 aromatic carbocycles. The molecule has 9 heteroatoms. The summed E-state index contributed by atoms with van der Waals surface area (Å²) in [6.45, 7) is 7.86. The second-order valence-electron chi connectivity index (χ2n) is 6.65. The highest BCUT2D eigenvalue weighted by molar-refractivity contribution is 7.22. The fourth-order valence-electron chi connectivity index (χ4n) is 2.98. The fourth-order valence-corrected chi connectivity index (χ4v) is 4.07. The average Bonchev–Trinajstić information content (AvgIpc) is 3.28. The van der Waals surface area contributed by atoms with E-state index in [0.29, 0.717) is 28.0 Å². The molecule has 0 spiro atoms. The normalized spacial score (nSPS) is 11.3. The average molecular weight is 416 g/mol. The third-order valence-electron chi connectivity index (χ3n) is 4.57. The van der Waals surface area contributed by atoms with Gasteiger partial charge in [0.25, 0.3) is 5.91 Å². The van der Waals surface area contributed by atoms with Gasteiger partial charge in [0.15, 0.2) is 10.8 Å². The number of anilines is 1. The molecule has 1 amide bonds. The van der Waals surface area contributed by atoms with Crippen LogP contribution in [0.2, 0.25) is 5.02 Å². The van der Waals surface area contributed by atoms with Crippen LogP contribution in [0.4, 0.5) is 5.13 Å². The summed E-state index contributed by atoms with van der Waals surface area (Å²) in [7, 11) is 0. The van der Waals surface area contributed by atoms with Gasteiger partial charge in [0.2, 0.25) is 0 Å². The Kier molecular flexibility index (Phi) is 4.68. The molecule has 1 N–H and O–H groups in total. The van der Waals surface area contributed by atoms with E-state index >= 15 is 0 Å². The molecule has 0 fully saturated rings. The van der Waals surface area contributed by atoms with Gasteiger partial charge in [-0.1, -0.05) is 34.2 Å². The van der Waals surface area contributed by atoms with Crippen molar-refractivity contribution in [3.05, 3.63) is 57.2 Å². The van der Waals surface area contributed by atoms with Crippen LogP contribution in [0.1, 0.15) is 38.8 Å². The van der Waals surface area contributed by atoms with Crippen molar-refractivity contribution in [2.75, 3.05) is 5.32 Å². The van der Waals surface area contributed by atoms with Crippen LogP contribution in [-0.4, -0.2) is 25.8 Å². The van der Waals surface area contributed by atoms with Crippen molar-refractivity contribution in [3.8, 4) is 0 Å². The highest BCUT2D eigenvalue weighted by Crippen LogP contribution is 2.28. The third-order valence-corrected chi connectivity index (χ3v) is 6.05. The molecule has 0 radical (unpaired) electrons. The maximum absolute atomic E-state index is 12.8. The molecule has 0 unspecified atom stereocenters. The second-order valence-corrected chi connectivity index (χ2v) is 8.06. The van der Waals surface area contributed by atoms with Gasteiger partial charge in [-0.15, -0.1) is 0 Å². The van der Waals surface area contributed by atoms with Gasteiger partial charge in [-0.2, -0.15) is 5.10 Å². The molecule has 4 aromatic rings. The first-order chi connectivity index (χ1) is 13.3. The summed E-state index contributed by atoms with van der Waals surface area (Å²) < 4.78 is 8.04. The summed E-state index contributed by atoms with van der Waals surface area (Å²) in [6, 6.07) is 5.97. The van der Waals surface area contributed by atoms with Gasteiger partial charge in [-0.3, -0.25) is 14.8 Å². The lowest BCUT2D eigenvalue weighted by atomic mass is 10.2. The number of hydrogen-bond acceptors (Lipinski definition) is 6. The van der Waals surface area contributed by atoms with Gasteiger partial charge in [-0.25, -0.2) is 4.98 Å². The number of carbonyl (C=O) groups is 1. The van der Waals surface area contributed by atoms with E-state index in [9.17, 15) is 4.79 Å². The van der Waals surface area contributed by atoms with Crippen LogP contribution >= 0.6 is 22.9 Å². The lowest BCUT2D eigenvalue weighted by Gasteiger charge is -2.05. The number of thiazole rings is 1. The van der Waals surface area contributed by atoms with E-state index in [2.05, 4.69) is 20.6 Å². The standard InChI is InChI=1S/C19H18ClN5O2S/c1-9-5-6-14-15(7-9)28-19(21-14)22-18(26)17-13(12(4)27-24-17)8-25-11(3)16(20)10(2)23-25/h5-7H,8H2,1-4H3,(H,21,22,26). The quantitative estimate of drug-likeness (QED) is 0.523. The van der Waals surface area contributed by atoms with Crippen LogP contribution in [0.25, 0.3) is 10.2 Å². The van der Waals surface area contributed by atoms with Crippen molar-refractivity contribution in [2.24, 2.45) is 0 Å². The molecule has 0 bridgehead atoms. The first kappa shape index (κ1) is 18.6. The molecule has 3 heterocycles. The molecule has 0 aliphatic rings. The summed E-state index contributed by atoms with van der Waals surface area (Å²) in [5, 5.41) is 12.3. The number of amides is 1. The smallest absolute Gasteiger partial charge is 0.279 e. The SMILES string of the molecule is Cc1ccc2nc(NC(=O)c3noc(C)c3Cn3nc(C)c(Cl)c3C)sc2c1. The summed E-state index contributed by atoms with van der Waals surface area (Å²) in [5.74, 6) is 0.198. The van der Waals surface area contributed by atoms with Gasteiger partial charge in [-0.05, 0) is 45.4 Å². The number of hydrogen-bond donors (Lipinski definition) is 1. The number of nitrogens with zero attached hydrogens (tertiary/aromatic N) is 4. The zero-order chi connectivity index (χ0) is 20.0. The van der Waals surface area contributed by atoms with Gasteiger partial charge in [0, 0.05) is 5.56 Å². The van der Waals surface area contributed by atoms with E-state index in [1.807, 2.05) is 39.0 Å². The topological polar surface area (TPSA) is 85.8 Å². The van der Waals surface area contributed by atoms with E-state index in [4.69, 9.17) is 16.1 Å². The van der Waals surface area contributed by atoms with E-state index in [1.54, 1.807) is 11.6 Å². The van der Waals surface area contributed by atoms with Crippen molar-refractivity contribution < 1.29 is 9.32 Å². The number of carbonyl (C=O) groups excluding carboxylic acids is 1. The monoisotopic (exact) mass is 415 g/mol. The first-order valence-corrected chi connectivity index (χ1v) is 9.86. The number of aromatic nitrogens is 4. The lowest BCUT2D eigenvalue weighted by Crippen LogP contribution is -2.16. The Labute approximate surface area is 170 Å². The zero-order valence-corrected chi connectivity index (χ0v) is 17.4. The van der Waals surface area contributed by atoms with Crippen molar-refractivity contribution in [2.45, 2.75) is 34.2 Å². The molecular weight excluding hydrogens is 398 g/mol. The van der Waals surface area contributed by atoms with Crippen LogP contribution in [0.3, 0.4) is 0 Å². The van der Waals surface area contributed by atoms with Gasteiger partial charge in [0.1, 0.15) is 5.76 Å². The van der Waals surface area contributed by atoms with Gasteiger partial charge < -0.3 is 4.52 Å². The van der Waals surface area contributed by atoms with Crippen molar-refractivity contribution in [1.82, 2.24) is 19.9 Å². The number of halogens is 1. The van der Waals surface area contributed by atoms with E-state index in [1.165, 1.54) is 11.3 Å². The highest BCUT2D eigenvalue weighted by atomic mass is 35.5. The molecule has 0 aliphatic carbocycles. The van der Waals surface area contributed by atoms with Crippen molar-refractivity contribution in [3.63, 3.8) is 0 Å². The highest BCUT2D eigenvalue weighted by Gasteiger charge is 2.23. The lowest BCUT2D eigenvalue weighted by molar-refractivity contribution is 0.101. The molecule has 7 nitrogen and oxygen atoms in total. The summed E-state index contributed by atoms with van der Waals surface area (Å²) in [6.07, 6.45) is 0. The molecule has 3 aromatic heterocycles. The van der Waals surface area contributed by atoms with E-state index < -0.39 is 0 Å². The van der Waals surface area contributed by atoms with E-state index in [-0.39, 0.29) is 11.6 Å². The predicted octanol–water partition coefficient (Wildman–Crippen LogP) is 4.67. The minimum Gasteiger partial charge on any atom is -0.361 e. The molecule has 4 rings (SSSR count). The number of fused-ring (bicyclic) bond motifs is 1. The maximum Gasteiger partial charge on any atom is 0.279 e. The molecular formula is C19H18ClN5O2S. The molecule has 0 saturated carbocycles. The third kappa shape index (κ3) is 3.29. The Hall–Kier alpha value is -2.71. The zero-order valence-electron chi connectivity index (χ0n) is 15.8. The van der Waals surface area contributed by atoms with E-state index in [0.717, 1.165) is 27.2 Å². The van der Waals surface area contributed by atoms with Crippen LogP contribution in [-0.2, 0) is 6.54 Å². The molecule has 28 heavy (non-hydrogen) atoms. The molecule has 144 valence electrons. The van der Waals surface area contributed by atoms with Crippen LogP contribution < -0.4 is 5.32 Å². The fraction of sp³-hybridized carbons (Fsp3) is 0.263. The second kappa shape index (κ2) is 7.03. The Balaban J connectivity index is 1.61. The van der Waals surface area contributed by atoms with Crippen LogP contribution in [0.5, 0.6) is 0 Å². The molecule has 0 atom stereocenters. The first-order valence-electron chi connectivity index (χ1n) is 8.66. The predicted molar refractivity (Wildman–Crippen MR) is 109 cm³/mol. The number of nitrogens with one attached hydrogen (secondary N) is 1. The maximum atomic E-state index is 12.8. The Morgan fingerprint density at radius 1 is 1.29 bits per heavy atom. The minimum absolute atomic E-state index is 0.219. The van der Waals surface area contributed by atoms with Gasteiger partial charge in [0.05, 0.1) is 33.2 Å². The molecule has 0 saturated heterocycles. The summed E-state index contributed by atoms with van der Waals surface area (Å²) in [4.78, 5) is 17.3. The number of benzene rings is 1. The Morgan fingerprint density at radius 3 is 2.79 bits per heavy atom. The minimum atomic E-state index is -0.366. The number of rotatable bonds is 4. The van der Waals surface area contributed by atoms with Crippen molar-refractivity contribution >= 4 is 44.2 Å². The van der Waals surface area contributed by atoms with Crippen LogP contribution in [0, 0.1) is 27.7 Å². The Morgan fingerprint density at radius 2 is 2.07 bits per heavy atom. The van der Waals surface area contributed by atoms with Crippen molar-refractivity contribution in [1.29, 1.82) is 0 Å².